The van der Waals surface area contributed by atoms with E-state index in [0.29, 0.717) is 26.6 Å². The number of aromatic nitrogens is 2. The van der Waals surface area contributed by atoms with Crippen LogP contribution in [0.25, 0.3) is 17.3 Å². The Morgan fingerprint density at radius 3 is 2.35 bits per heavy atom. The van der Waals surface area contributed by atoms with E-state index in [4.69, 9.17) is 16.3 Å². The van der Waals surface area contributed by atoms with Crippen LogP contribution in [0.15, 0.2) is 59.4 Å². The van der Waals surface area contributed by atoms with Gasteiger partial charge in [0.15, 0.2) is 0 Å². The highest BCUT2D eigenvalue weighted by molar-refractivity contribution is 7.07. The molecule has 4 aromatic rings. The molecule has 0 bridgehead atoms. The minimum absolute atomic E-state index is 0.0520. The second kappa shape index (κ2) is 10.8. The van der Waals surface area contributed by atoms with Crippen molar-refractivity contribution in [3.05, 3.63) is 107 Å². The lowest BCUT2D eigenvalue weighted by molar-refractivity contribution is 0.0523. The summed E-state index contributed by atoms with van der Waals surface area (Å²) in [6, 6.07) is 17.7. The number of hydrogen-bond donors (Lipinski definition) is 1. The Morgan fingerprint density at radius 1 is 1.08 bits per heavy atom. The van der Waals surface area contributed by atoms with Gasteiger partial charge in [-0.2, -0.15) is 5.26 Å². The van der Waals surface area contributed by atoms with Crippen molar-refractivity contribution >= 4 is 46.3 Å². The number of esters is 1. The maximum atomic E-state index is 13.8. The SMILES string of the molecule is CCOC(=O)c1c(C)[nH]c(C)c1C(=O)C(C#N)=c1sc(=Cc2ccc(Cl)cc2)c(=O)n1-c1ccccc1. The minimum atomic E-state index is -0.670. The second-order valence-electron chi connectivity index (χ2n) is 8.10. The fourth-order valence-electron chi connectivity index (χ4n) is 4.02. The molecule has 2 heterocycles. The zero-order chi connectivity index (χ0) is 26.7. The van der Waals surface area contributed by atoms with Crippen LogP contribution in [0.5, 0.6) is 0 Å². The largest absolute Gasteiger partial charge is 0.462 e. The molecule has 0 amide bonds. The quantitative estimate of drug-likeness (QED) is 0.298. The Bertz CT molecular complexity index is 1720. The van der Waals surface area contributed by atoms with Crippen LogP contribution in [-0.4, -0.2) is 27.9 Å². The molecular weight excluding hydrogens is 510 g/mol. The van der Waals surface area contributed by atoms with Crippen LogP contribution in [0.4, 0.5) is 0 Å². The summed E-state index contributed by atoms with van der Waals surface area (Å²) in [7, 11) is 0. The number of halogens is 1. The topological polar surface area (TPSA) is 105 Å². The summed E-state index contributed by atoms with van der Waals surface area (Å²) in [6.07, 6.45) is 1.68. The van der Waals surface area contributed by atoms with Crippen molar-refractivity contribution in [2.45, 2.75) is 20.8 Å². The van der Waals surface area contributed by atoms with Gasteiger partial charge in [-0.15, -0.1) is 11.3 Å². The number of nitrogens with zero attached hydrogens (tertiary/aromatic N) is 2. The number of rotatable bonds is 6. The molecule has 0 aliphatic rings. The zero-order valence-electron chi connectivity index (χ0n) is 20.3. The Labute approximate surface area is 221 Å². The number of ether oxygens (including phenoxy) is 1. The van der Waals surface area contributed by atoms with Crippen molar-refractivity contribution < 1.29 is 14.3 Å². The van der Waals surface area contributed by atoms with Gasteiger partial charge >= 0.3 is 5.97 Å². The van der Waals surface area contributed by atoms with Crippen molar-refractivity contribution in [2.75, 3.05) is 6.61 Å². The number of para-hydroxylation sites is 1. The highest BCUT2D eigenvalue weighted by atomic mass is 35.5. The number of hydrogen-bond acceptors (Lipinski definition) is 6. The Kier molecular flexibility index (Phi) is 7.58. The molecule has 2 aromatic heterocycles. The van der Waals surface area contributed by atoms with E-state index >= 15 is 0 Å². The molecule has 7 nitrogen and oxygen atoms in total. The number of thiazole rings is 1. The van der Waals surface area contributed by atoms with Gasteiger partial charge in [0.1, 0.15) is 16.3 Å². The van der Waals surface area contributed by atoms with Crippen molar-refractivity contribution in [3.63, 3.8) is 0 Å². The Morgan fingerprint density at radius 2 is 1.73 bits per heavy atom. The smallest absolute Gasteiger partial charge is 0.340 e. The van der Waals surface area contributed by atoms with Crippen LogP contribution < -0.4 is 14.8 Å². The van der Waals surface area contributed by atoms with E-state index in [1.807, 2.05) is 6.07 Å². The van der Waals surface area contributed by atoms with Crippen LogP contribution in [0.2, 0.25) is 5.02 Å². The van der Waals surface area contributed by atoms with E-state index in [9.17, 15) is 19.6 Å². The number of H-pyrrole nitrogens is 1. The monoisotopic (exact) mass is 531 g/mol. The number of nitrogens with one attached hydrogen (secondary N) is 1. The van der Waals surface area contributed by atoms with Gasteiger partial charge in [0, 0.05) is 16.4 Å². The van der Waals surface area contributed by atoms with E-state index in [1.165, 1.54) is 4.57 Å². The first-order chi connectivity index (χ1) is 17.8. The molecular formula is C28H22ClN3O4S. The molecule has 1 N–H and O–H groups in total. The lowest BCUT2D eigenvalue weighted by atomic mass is 10.00. The summed E-state index contributed by atoms with van der Waals surface area (Å²) in [4.78, 5) is 43.1. The van der Waals surface area contributed by atoms with Gasteiger partial charge in [0.25, 0.3) is 5.56 Å². The number of nitriles is 1. The molecule has 0 fully saturated rings. The van der Waals surface area contributed by atoms with Gasteiger partial charge in [0.05, 0.1) is 28.0 Å². The first-order valence-electron chi connectivity index (χ1n) is 11.4. The van der Waals surface area contributed by atoms with Gasteiger partial charge in [-0.05, 0) is 56.7 Å². The van der Waals surface area contributed by atoms with Crippen LogP contribution in [-0.2, 0) is 4.74 Å². The van der Waals surface area contributed by atoms with Crippen LogP contribution in [0.1, 0.15) is 44.6 Å². The second-order valence-corrected chi connectivity index (χ2v) is 9.57. The summed E-state index contributed by atoms with van der Waals surface area (Å²) in [5.74, 6) is -1.33. The van der Waals surface area contributed by atoms with E-state index in [0.717, 1.165) is 16.9 Å². The number of carbonyl (C=O) groups is 2. The molecule has 186 valence electrons. The molecule has 0 atom stereocenters. The maximum absolute atomic E-state index is 13.8. The molecule has 0 radical (unpaired) electrons. The van der Waals surface area contributed by atoms with E-state index in [1.54, 1.807) is 81.4 Å². The summed E-state index contributed by atoms with van der Waals surface area (Å²) in [5, 5.41) is 10.7. The van der Waals surface area contributed by atoms with Gasteiger partial charge in [-0.3, -0.25) is 14.2 Å². The fraction of sp³-hybridized carbons (Fsp3) is 0.143. The molecule has 0 spiro atoms. The van der Waals surface area contributed by atoms with Crippen LogP contribution in [0.3, 0.4) is 0 Å². The number of ketones is 1. The standard InChI is InChI=1S/C28H22ClN3O4S/c1-4-36-28(35)24-17(3)31-16(2)23(24)25(33)21(15-30)27-32(20-8-6-5-7-9-20)26(34)22(37-27)14-18-10-12-19(29)13-11-18/h5-14,31H,4H2,1-3H3. The highest BCUT2D eigenvalue weighted by Gasteiger charge is 2.29. The number of benzene rings is 2. The first kappa shape index (κ1) is 25.9. The summed E-state index contributed by atoms with van der Waals surface area (Å²) < 4.78 is 6.99. The van der Waals surface area contributed by atoms with Gasteiger partial charge in [0.2, 0.25) is 5.78 Å². The Balaban J connectivity index is 2.05. The third-order valence-electron chi connectivity index (χ3n) is 5.64. The molecule has 0 unspecified atom stereocenters. The van der Waals surface area contributed by atoms with Gasteiger partial charge < -0.3 is 9.72 Å². The predicted molar refractivity (Wildman–Crippen MR) is 144 cm³/mol. The van der Waals surface area contributed by atoms with E-state index in [2.05, 4.69) is 4.98 Å². The van der Waals surface area contributed by atoms with E-state index in [-0.39, 0.29) is 33.5 Å². The van der Waals surface area contributed by atoms with Crippen molar-refractivity contribution in [1.29, 1.82) is 5.26 Å². The molecule has 0 aliphatic heterocycles. The third kappa shape index (κ3) is 5.05. The number of aromatic amines is 1. The highest BCUT2D eigenvalue weighted by Crippen LogP contribution is 2.23. The molecule has 0 aliphatic carbocycles. The number of aryl methyl sites for hydroxylation is 2. The van der Waals surface area contributed by atoms with Crippen LogP contribution in [0, 0.1) is 25.2 Å². The number of Topliss-reactive ketones (excluding diaryl/α,β-unsaturated/α-hetero) is 1. The Hall–Kier alpha value is -4.19. The first-order valence-corrected chi connectivity index (χ1v) is 12.6. The van der Waals surface area contributed by atoms with Crippen molar-refractivity contribution in [1.82, 2.24) is 9.55 Å². The van der Waals surface area contributed by atoms with Crippen molar-refractivity contribution in [3.8, 4) is 11.8 Å². The minimum Gasteiger partial charge on any atom is -0.462 e. The maximum Gasteiger partial charge on any atom is 0.340 e. The summed E-state index contributed by atoms with van der Waals surface area (Å²) in [6.45, 7) is 5.11. The normalized spacial score (nSPS) is 12.2. The summed E-state index contributed by atoms with van der Waals surface area (Å²) in [5.41, 5.74) is 1.62. The molecule has 37 heavy (non-hydrogen) atoms. The molecule has 2 aromatic carbocycles. The van der Waals surface area contributed by atoms with Gasteiger partial charge in [-0.1, -0.05) is 41.9 Å². The van der Waals surface area contributed by atoms with Crippen molar-refractivity contribution in [2.24, 2.45) is 0 Å². The summed E-state index contributed by atoms with van der Waals surface area (Å²) >= 11 is 7.02. The van der Waals surface area contributed by atoms with Crippen LogP contribution >= 0.6 is 22.9 Å². The predicted octanol–water partition coefficient (Wildman–Crippen LogP) is 4.06. The lowest BCUT2D eigenvalue weighted by Gasteiger charge is -2.06. The number of carbonyl (C=O) groups excluding carboxylic acids is 2. The lowest BCUT2D eigenvalue weighted by Crippen LogP contribution is -2.31. The molecule has 4 rings (SSSR count). The third-order valence-corrected chi connectivity index (χ3v) is 6.98. The molecule has 9 heteroatoms. The molecule has 0 saturated carbocycles. The molecule has 0 saturated heterocycles. The van der Waals surface area contributed by atoms with E-state index < -0.39 is 11.8 Å². The zero-order valence-corrected chi connectivity index (χ0v) is 21.9. The van der Waals surface area contributed by atoms with Gasteiger partial charge in [-0.25, -0.2) is 4.79 Å². The fourth-order valence-corrected chi connectivity index (χ4v) is 5.24. The average Bonchev–Trinajstić information content (AvgIpc) is 3.36. The average molecular weight is 532 g/mol.